The van der Waals surface area contributed by atoms with Gasteiger partial charge in [0.1, 0.15) is 11.5 Å². The summed E-state index contributed by atoms with van der Waals surface area (Å²) in [7, 11) is 0. The van der Waals surface area contributed by atoms with Gasteiger partial charge in [-0.2, -0.15) is 0 Å². The van der Waals surface area contributed by atoms with Crippen LogP contribution in [0.15, 0.2) is 4.42 Å². The molecule has 94 valence electrons. The van der Waals surface area contributed by atoms with Crippen molar-refractivity contribution in [1.82, 2.24) is 4.90 Å². The smallest absolute Gasteiger partial charge is 0.257 e. The number of furan rings is 1. The number of halogens is 1. The van der Waals surface area contributed by atoms with E-state index in [4.69, 9.17) is 16.0 Å². The van der Waals surface area contributed by atoms with Gasteiger partial charge in [0.2, 0.25) is 0 Å². The Morgan fingerprint density at radius 3 is 2.41 bits per heavy atom. The summed E-state index contributed by atoms with van der Waals surface area (Å²) in [5, 5.41) is 0. The van der Waals surface area contributed by atoms with Gasteiger partial charge in [-0.05, 0) is 33.6 Å². The minimum absolute atomic E-state index is 0.0694. The first-order chi connectivity index (χ1) is 8.06. The van der Waals surface area contributed by atoms with Crippen molar-refractivity contribution in [3.05, 3.63) is 22.6 Å². The predicted molar refractivity (Wildman–Crippen MR) is 67.7 cm³/mol. The number of carbonyl (C=O) groups is 1. The zero-order valence-corrected chi connectivity index (χ0v) is 11.3. The van der Waals surface area contributed by atoms with Crippen LogP contribution in [0.4, 0.5) is 0 Å². The molecule has 1 aliphatic carbocycles. The molecule has 0 aromatic carbocycles. The Balaban J connectivity index is 2.28. The van der Waals surface area contributed by atoms with Gasteiger partial charge in [-0.15, -0.1) is 11.6 Å². The third-order valence-corrected chi connectivity index (χ3v) is 3.52. The summed E-state index contributed by atoms with van der Waals surface area (Å²) in [6.45, 7) is 6.29. The average molecular weight is 256 g/mol. The highest BCUT2D eigenvalue weighted by atomic mass is 35.5. The van der Waals surface area contributed by atoms with E-state index in [0.717, 1.165) is 29.7 Å². The SMILES string of the molecule is Cc1oc(C)c(C(=O)N(CCCl)C2CC2)c1C. The highest BCUT2D eigenvalue weighted by Gasteiger charge is 2.34. The first kappa shape index (κ1) is 12.5. The minimum atomic E-state index is 0.0694. The highest BCUT2D eigenvalue weighted by molar-refractivity contribution is 6.18. The van der Waals surface area contributed by atoms with E-state index in [1.807, 2.05) is 25.7 Å². The van der Waals surface area contributed by atoms with Crippen LogP contribution in [0.5, 0.6) is 0 Å². The van der Waals surface area contributed by atoms with Gasteiger partial charge in [0.05, 0.1) is 5.56 Å². The lowest BCUT2D eigenvalue weighted by molar-refractivity contribution is 0.0751. The highest BCUT2D eigenvalue weighted by Crippen LogP contribution is 2.30. The number of rotatable bonds is 4. The maximum absolute atomic E-state index is 12.5. The molecule has 0 aliphatic heterocycles. The number of alkyl halides is 1. The molecule has 0 radical (unpaired) electrons. The van der Waals surface area contributed by atoms with Gasteiger partial charge in [0, 0.05) is 24.0 Å². The third-order valence-electron chi connectivity index (χ3n) is 3.35. The largest absolute Gasteiger partial charge is 0.466 e. The molecule has 1 amide bonds. The van der Waals surface area contributed by atoms with Crippen molar-refractivity contribution < 1.29 is 9.21 Å². The number of carbonyl (C=O) groups excluding carboxylic acids is 1. The summed E-state index contributed by atoms with van der Waals surface area (Å²) in [5.41, 5.74) is 1.67. The molecular weight excluding hydrogens is 238 g/mol. The second-order valence-corrected chi connectivity index (χ2v) is 5.01. The van der Waals surface area contributed by atoms with Crippen LogP contribution in [0.25, 0.3) is 0 Å². The van der Waals surface area contributed by atoms with Crippen molar-refractivity contribution in [3.63, 3.8) is 0 Å². The molecule has 0 unspecified atom stereocenters. The van der Waals surface area contributed by atoms with E-state index in [1.54, 1.807) is 0 Å². The molecule has 1 heterocycles. The molecule has 0 spiro atoms. The van der Waals surface area contributed by atoms with E-state index >= 15 is 0 Å². The molecule has 1 aliphatic rings. The zero-order valence-electron chi connectivity index (χ0n) is 10.5. The number of nitrogens with zero attached hydrogens (tertiary/aromatic N) is 1. The van der Waals surface area contributed by atoms with E-state index in [1.165, 1.54) is 0 Å². The monoisotopic (exact) mass is 255 g/mol. The number of hydrogen-bond donors (Lipinski definition) is 0. The normalized spacial score (nSPS) is 15.1. The van der Waals surface area contributed by atoms with E-state index in [2.05, 4.69) is 0 Å². The molecule has 4 heteroatoms. The molecule has 1 aromatic rings. The molecule has 1 saturated carbocycles. The molecule has 3 nitrogen and oxygen atoms in total. The Morgan fingerprint density at radius 2 is 2.00 bits per heavy atom. The van der Waals surface area contributed by atoms with Crippen molar-refractivity contribution in [2.75, 3.05) is 12.4 Å². The molecule has 1 aromatic heterocycles. The van der Waals surface area contributed by atoms with Crippen molar-refractivity contribution in [2.24, 2.45) is 0 Å². The summed E-state index contributed by atoms with van der Waals surface area (Å²) < 4.78 is 5.51. The predicted octanol–water partition coefficient (Wildman–Crippen LogP) is 3.05. The Labute approximate surface area is 107 Å². The molecule has 0 N–H and O–H groups in total. The standard InChI is InChI=1S/C13H18ClNO2/c1-8-9(2)17-10(3)12(8)13(16)15(7-6-14)11-4-5-11/h11H,4-7H2,1-3H3. The Bertz CT molecular complexity index is 435. The van der Waals surface area contributed by atoms with Crippen LogP contribution in [-0.2, 0) is 0 Å². The lowest BCUT2D eigenvalue weighted by atomic mass is 10.1. The zero-order chi connectivity index (χ0) is 12.6. The maximum Gasteiger partial charge on any atom is 0.257 e. The Morgan fingerprint density at radius 1 is 1.35 bits per heavy atom. The molecule has 2 rings (SSSR count). The fourth-order valence-electron chi connectivity index (χ4n) is 2.18. The van der Waals surface area contributed by atoms with Gasteiger partial charge in [0.25, 0.3) is 5.91 Å². The van der Waals surface area contributed by atoms with Crippen LogP contribution < -0.4 is 0 Å². The topological polar surface area (TPSA) is 33.5 Å². The first-order valence-electron chi connectivity index (χ1n) is 5.99. The van der Waals surface area contributed by atoms with Crippen molar-refractivity contribution >= 4 is 17.5 Å². The van der Waals surface area contributed by atoms with E-state index in [9.17, 15) is 4.79 Å². The molecule has 0 atom stereocenters. The van der Waals surface area contributed by atoms with Crippen LogP contribution in [0.1, 0.15) is 40.3 Å². The van der Waals surface area contributed by atoms with Crippen LogP contribution in [0.3, 0.4) is 0 Å². The summed E-state index contributed by atoms with van der Waals surface area (Å²) in [4.78, 5) is 14.4. The second-order valence-electron chi connectivity index (χ2n) is 4.63. The van der Waals surface area contributed by atoms with Crippen LogP contribution in [0.2, 0.25) is 0 Å². The van der Waals surface area contributed by atoms with Gasteiger partial charge in [-0.25, -0.2) is 0 Å². The van der Waals surface area contributed by atoms with E-state index in [-0.39, 0.29) is 5.91 Å². The molecule has 1 fully saturated rings. The fraction of sp³-hybridized carbons (Fsp3) is 0.615. The first-order valence-corrected chi connectivity index (χ1v) is 6.53. The van der Waals surface area contributed by atoms with Gasteiger partial charge in [0.15, 0.2) is 0 Å². The van der Waals surface area contributed by atoms with E-state index in [0.29, 0.717) is 24.2 Å². The third kappa shape index (κ3) is 2.34. The van der Waals surface area contributed by atoms with Gasteiger partial charge in [-0.3, -0.25) is 4.79 Å². The summed E-state index contributed by atoms with van der Waals surface area (Å²) >= 11 is 5.77. The van der Waals surface area contributed by atoms with Crippen molar-refractivity contribution in [1.29, 1.82) is 0 Å². The van der Waals surface area contributed by atoms with Crippen molar-refractivity contribution in [2.45, 2.75) is 39.7 Å². The quantitative estimate of drug-likeness (QED) is 0.775. The van der Waals surface area contributed by atoms with Crippen LogP contribution in [-0.4, -0.2) is 29.3 Å². The van der Waals surface area contributed by atoms with Gasteiger partial charge >= 0.3 is 0 Å². The Hall–Kier alpha value is -0.960. The summed E-state index contributed by atoms with van der Waals surface area (Å²) in [6, 6.07) is 0.384. The second kappa shape index (κ2) is 4.73. The van der Waals surface area contributed by atoms with Crippen molar-refractivity contribution in [3.8, 4) is 0 Å². The Kier molecular flexibility index (Phi) is 3.48. The fourth-order valence-corrected chi connectivity index (χ4v) is 2.36. The summed E-state index contributed by atoms with van der Waals surface area (Å²) in [5.74, 6) is 2.09. The number of hydrogen-bond acceptors (Lipinski definition) is 2. The van der Waals surface area contributed by atoms with Crippen LogP contribution >= 0.6 is 11.6 Å². The molecule has 0 bridgehead atoms. The number of amides is 1. The minimum Gasteiger partial charge on any atom is -0.466 e. The molecule has 0 saturated heterocycles. The van der Waals surface area contributed by atoms with Crippen LogP contribution in [0, 0.1) is 20.8 Å². The van der Waals surface area contributed by atoms with Gasteiger partial charge < -0.3 is 9.32 Å². The summed E-state index contributed by atoms with van der Waals surface area (Å²) in [6.07, 6.45) is 2.19. The molecule has 17 heavy (non-hydrogen) atoms. The number of aryl methyl sites for hydroxylation is 2. The maximum atomic E-state index is 12.5. The van der Waals surface area contributed by atoms with Gasteiger partial charge in [-0.1, -0.05) is 0 Å². The lowest BCUT2D eigenvalue weighted by Crippen LogP contribution is -2.35. The lowest BCUT2D eigenvalue weighted by Gasteiger charge is -2.21. The van der Waals surface area contributed by atoms with E-state index < -0.39 is 0 Å². The molecular formula is C13H18ClNO2. The average Bonchev–Trinajstić information content (AvgIpc) is 3.05.